The minimum Gasteiger partial charge on any atom is -0.294 e. The Morgan fingerprint density at radius 3 is 2.08 bits per heavy atom. The van der Waals surface area contributed by atoms with Crippen LogP contribution in [0.3, 0.4) is 0 Å². The van der Waals surface area contributed by atoms with Crippen molar-refractivity contribution < 1.29 is 0 Å². The van der Waals surface area contributed by atoms with Crippen LogP contribution in [0.25, 0.3) is 92.6 Å². The van der Waals surface area contributed by atoms with Crippen LogP contribution in [0.1, 0.15) is 0 Å². The van der Waals surface area contributed by atoms with Crippen molar-refractivity contribution >= 4 is 81.2 Å². The van der Waals surface area contributed by atoms with Crippen molar-refractivity contribution in [3.63, 3.8) is 0 Å². The third kappa shape index (κ3) is 3.49. The Morgan fingerprint density at radius 1 is 0.458 bits per heavy atom. The van der Waals surface area contributed by atoms with Crippen molar-refractivity contribution in [1.29, 1.82) is 0 Å². The normalized spacial score (nSPS) is 12.2. The number of aromatic nitrogens is 5. The Kier molecular flexibility index (Phi) is 5.20. The van der Waals surface area contributed by atoms with Crippen molar-refractivity contribution in [2.45, 2.75) is 0 Å². The summed E-state index contributed by atoms with van der Waals surface area (Å²) in [6.07, 6.45) is 0. The van der Waals surface area contributed by atoms with Crippen LogP contribution < -0.4 is 0 Å². The number of hydrogen-bond acceptors (Lipinski definition) is 3. The first-order valence-corrected chi connectivity index (χ1v) is 16.9. The molecule has 0 saturated heterocycles. The van der Waals surface area contributed by atoms with Crippen molar-refractivity contribution in [3.8, 4) is 22.8 Å². The molecule has 48 heavy (non-hydrogen) atoms. The molecule has 0 spiro atoms. The molecule has 0 aliphatic heterocycles. The predicted molar refractivity (Wildman–Crippen MR) is 200 cm³/mol. The van der Waals surface area contributed by atoms with Gasteiger partial charge in [-0.05, 0) is 72.8 Å². The number of nitrogens with zero attached hydrogens (tertiary/aromatic N) is 5. The minimum atomic E-state index is 0.889. The van der Waals surface area contributed by atoms with E-state index in [9.17, 15) is 0 Å². The second-order valence-corrected chi connectivity index (χ2v) is 13.4. The number of para-hydroxylation sites is 5. The van der Waals surface area contributed by atoms with Crippen LogP contribution in [0.2, 0.25) is 0 Å². The molecule has 0 bridgehead atoms. The van der Waals surface area contributed by atoms with Crippen LogP contribution in [-0.4, -0.2) is 23.5 Å². The number of benzene rings is 6. The van der Waals surface area contributed by atoms with E-state index < -0.39 is 0 Å². The number of pyridine rings is 1. The highest BCUT2D eigenvalue weighted by Gasteiger charge is 2.22. The molecule has 0 amide bonds. The zero-order chi connectivity index (χ0) is 31.3. The Morgan fingerprint density at radius 2 is 1.17 bits per heavy atom. The first-order chi connectivity index (χ1) is 23.8. The molecule has 6 heteroatoms. The van der Waals surface area contributed by atoms with Gasteiger partial charge in [-0.3, -0.25) is 13.5 Å². The molecule has 5 heterocycles. The van der Waals surface area contributed by atoms with Gasteiger partial charge in [0.2, 0.25) is 5.78 Å². The molecule has 224 valence electrons. The van der Waals surface area contributed by atoms with Crippen molar-refractivity contribution in [3.05, 3.63) is 152 Å². The Labute approximate surface area is 278 Å². The monoisotopic (exact) mass is 631 g/mol. The van der Waals surface area contributed by atoms with E-state index in [1.165, 1.54) is 30.9 Å². The van der Waals surface area contributed by atoms with Gasteiger partial charge in [0.05, 0.1) is 44.5 Å². The number of hydrogen-bond donors (Lipinski definition) is 0. The van der Waals surface area contributed by atoms with Gasteiger partial charge in [-0.25, -0.2) is 9.97 Å². The molecule has 5 nitrogen and oxygen atoms in total. The van der Waals surface area contributed by atoms with Crippen LogP contribution >= 0.6 is 11.3 Å². The van der Waals surface area contributed by atoms with Crippen LogP contribution in [0.5, 0.6) is 0 Å². The maximum Gasteiger partial charge on any atom is 0.220 e. The van der Waals surface area contributed by atoms with Gasteiger partial charge in [-0.1, -0.05) is 78.9 Å². The lowest BCUT2D eigenvalue weighted by atomic mass is 10.1. The second-order valence-electron chi connectivity index (χ2n) is 12.3. The topological polar surface area (TPSA) is 40.0 Å². The van der Waals surface area contributed by atoms with E-state index in [4.69, 9.17) is 9.97 Å². The van der Waals surface area contributed by atoms with E-state index in [2.05, 4.69) is 165 Å². The standard InChI is InChI=1S/C42H25N5S/c1-4-15-32-28(12-1)41-36(19-10-20-37(41)47-35-18-7-6-17-34(35)46-33-16-5-3-13-31(33)44-42(46)47)45(32)40-22-9-14-30(43-40)26-23-24-39-29(25-26)27-11-2-8-21-38(27)48-39/h1-25H. The van der Waals surface area contributed by atoms with E-state index in [1.54, 1.807) is 0 Å². The second kappa shape index (κ2) is 9.64. The number of rotatable bonds is 3. The first kappa shape index (κ1) is 25.9. The van der Waals surface area contributed by atoms with E-state index in [0.29, 0.717) is 0 Å². The highest BCUT2D eigenvalue weighted by Crippen LogP contribution is 2.40. The number of fused-ring (bicyclic) bond motifs is 11. The van der Waals surface area contributed by atoms with Gasteiger partial charge < -0.3 is 0 Å². The fourth-order valence-corrected chi connectivity index (χ4v) is 8.70. The maximum absolute atomic E-state index is 5.32. The average molecular weight is 632 g/mol. The van der Waals surface area contributed by atoms with Crippen LogP contribution in [0, 0.1) is 0 Å². The zero-order valence-electron chi connectivity index (χ0n) is 25.6. The smallest absolute Gasteiger partial charge is 0.220 e. The molecule has 0 aliphatic carbocycles. The van der Waals surface area contributed by atoms with Crippen LogP contribution in [-0.2, 0) is 0 Å². The summed E-state index contributed by atoms with van der Waals surface area (Å²) in [6, 6.07) is 53.9. The Hall–Kier alpha value is -6.24. The minimum absolute atomic E-state index is 0.889. The SMILES string of the molecule is c1cc(-c2ccc3sc4ccccc4c3c2)nc(-n2c3ccccc3c3c(-n4c5ccccc5n5c6ccccc6nc45)cccc32)c1. The molecular weight excluding hydrogens is 607 g/mol. The Balaban J connectivity index is 1.17. The maximum atomic E-state index is 5.32. The molecule has 11 rings (SSSR count). The van der Waals surface area contributed by atoms with Crippen molar-refractivity contribution in [1.82, 2.24) is 23.5 Å². The average Bonchev–Trinajstić information content (AvgIpc) is 3.88. The largest absolute Gasteiger partial charge is 0.294 e. The molecule has 0 radical (unpaired) electrons. The molecule has 6 aromatic carbocycles. The third-order valence-electron chi connectivity index (χ3n) is 9.66. The van der Waals surface area contributed by atoms with Gasteiger partial charge in [-0.2, -0.15) is 0 Å². The van der Waals surface area contributed by atoms with Crippen LogP contribution in [0.15, 0.2) is 152 Å². The molecule has 0 atom stereocenters. The third-order valence-corrected chi connectivity index (χ3v) is 10.8. The molecule has 11 aromatic rings. The van der Waals surface area contributed by atoms with Gasteiger partial charge in [0.15, 0.2) is 0 Å². The van der Waals surface area contributed by atoms with Crippen molar-refractivity contribution in [2.75, 3.05) is 0 Å². The van der Waals surface area contributed by atoms with Gasteiger partial charge in [0.1, 0.15) is 5.82 Å². The molecule has 0 N–H and O–H groups in total. The van der Waals surface area contributed by atoms with Crippen molar-refractivity contribution in [2.24, 2.45) is 0 Å². The lowest BCUT2D eigenvalue weighted by molar-refractivity contribution is 1.08. The van der Waals surface area contributed by atoms with Gasteiger partial charge in [-0.15, -0.1) is 11.3 Å². The number of thiophene rings is 1. The zero-order valence-corrected chi connectivity index (χ0v) is 26.4. The summed E-state index contributed by atoms with van der Waals surface area (Å²) in [5.41, 5.74) is 9.71. The lowest BCUT2D eigenvalue weighted by Crippen LogP contribution is -1.99. The predicted octanol–water partition coefficient (Wildman–Crippen LogP) is 11.0. The van der Waals surface area contributed by atoms with Crippen LogP contribution in [0.4, 0.5) is 0 Å². The quantitative estimate of drug-likeness (QED) is 0.195. The summed E-state index contributed by atoms with van der Waals surface area (Å²) >= 11 is 1.84. The summed E-state index contributed by atoms with van der Waals surface area (Å²) in [5, 5.41) is 4.91. The summed E-state index contributed by atoms with van der Waals surface area (Å²) in [5.74, 6) is 1.79. The fraction of sp³-hybridized carbons (Fsp3) is 0. The lowest BCUT2D eigenvalue weighted by Gasteiger charge is -2.11. The highest BCUT2D eigenvalue weighted by atomic mass is 32.1. The molecule has 0 unspecified atom stereocenters. The Bertz CT molecular complexity index is 3080. The molecule has 0 fully saturated rings. The summed E-state index contributed by atoms with van der Waals surface area (Å²) < 4.78 is 9.51. The van der Waals surface area contributed by atoms with E-state index in [1.807, 2.05) is 11.3 Å². The fourth-order valence-electron chi connectivity index (χ4n) is 7.62. The highest BCUT2D eigenvalue weighted by molar-refractivity contribution is 7.25. The van der Waals surface area contributed by atoms with Gasteiger partial charge in [0.25, 0.3) is 0 Å². The van der Waals surface area contributed by atoms with Gasteiger partial charge in [0, 0.05) is 36.5 Å². The van der Waals surface area contributed by atoms with Gasteiger partial charge >= 0.3 is 0 Å². The van der Waals surface area contributed by atoms with E-state index in [0.717, 1.165) is 61.6 Å². The molecular formula is C42H25N5S. The molecule has 5 aromatic heterocycles. The van der Waals surface area contributed by atoms with E-state index in [-0.39, 0.29) is 0 Å². The summed E-state index contributed by atoms with van der Waals surface area (Å²) in [4.78, 5) is 10.5. The summed E-state index contributed by atoms with van der Waals surface area (Å²) in [7, 11) is 0. The first-order valence-electron chi connectivity index (χ1n) is 16.1. The summed E-state index contributed by atoms with van der Waals surface area (Å²) in [6.45, 7) is 0. The molecule has 0 aliphatic rings. The van der Waals surface area contributed by atoms with E-state index >= 15 is 0 Å². The molecule has 0 saturated carbocycles. The number of imidazole rings is 2.